The molecule has 0 spiro atoms. The predicted molar refractivity (Wildman–Crippen MR) is 210 cm³/mol. The van der Waals surface area contributed by atoms with E-state index in [4.69, 9.17) is 5.11 Å². The number of phenols is 1. The minimum Gasteiger partial charge on any atom is -0.872 e. The Hall–Kier alpha value is -2.25. The fourth-order valence-electron chi connectivity index (χ4n) is 6.50. The number of hydrogen-bond acceptors (Lipinski definition) is 5. The van der Waals surface area contributed by atoms with Gasteiger partial charge in [-0.25, -0.2) is 4.79 Å². The number of carboxylic acids is 2. The molecule has 6 nitrogen and oxygen atoms in total. The smallest absolute Gasteiger partial charge is 0.872 e. The molecule has 2 aromatic rings. The zero-order chi connectivity index (χ0) is 36.7. The van der Waals surface area contributed by atoms with Gasteiger partial charge in [-0.05, 0) is 54.5 Å². The molecule has 2 rings (SSSR count). The van der Waals surface area contributed by atoms with Crippen molar-refractivity contribution in [3.8, 4) is 11.5 Å². The van der Waals surface area contributed by atoms with E-state index in [0.29, 0.717) is 0 Å². The molecule has 2 aromatic carbocycles. The van der Waals surface area contributed by atoms with Gasteiger partial charge in [-0.1, -0.05) is 198 Å². The summed E-state index contributed by atoms with van der Waals surface area (Å²) in [5.74, 6) is -3.03. The standard InChI is InChI=1S/2C22H36O3.Mg/c2*1-2-3-4-5-6-7-8-9-10-11-12-13-14-15-19-16-17-20(22(24)25)21(23)18-19;/h2*16-18,23H,2-15H2,1H3,(H,24,25);/q;;+2/p-2. The van der Waals surface area contributed by atoms with E-state index in [0.717, 1.165) is 36.8 Å². The molecule has 0 aliphatic heterocycles. The molecule has 7 heteroatoms. The van der Waals surface area contributed by atoms with Crippen molar-refractivity contribution in [3.05, 3.63) is 58.7 Å². The van der Waals surface area contributed by atoms with E-state index < -0.39 is 17.7 Å². The maximum atomic E-state index is 11.6. The van der Waals surface area contributed by atoms with Crippen molar-refractivity contribution < 1.29 is 30.0 Å². The van der Waals surface area contributed by atoms with Crippen molar-refractivity contribution in [2.75, 3.05) is 0 Å². The van der Waals surface area contributed by atoms with Crippen molar-refractivity contribution in [2.24, 2.45) is 0 Å². The van der Waals surface area contributed by atoms with Crippen LogP contribution in [0.3, 0.4) is 0 Å². The molecule has 0 heterocycles. The summed E-state index contributed by atoms with van der Waals surface area (Å²) < 4.78 is 0. The van der Waals surface area contributed by atoms with Gasteiger partial charge in [0, 0.05) is 0 Å². The Morgan fingerprint density at radius 1 is 0.510 bits per heavy atom. The van der Waals surface area contributed by atoms with Crippen LogP contribution in [0.15, 0.2) is 36.4 Å². The van der Waals surface area contributed by atoms with Crippen LogP contribution >= 0.6 is 0 Å². The number of aromatic hydroxyl groups is 1. The topological polar surface area (TPSA) is 121 Å². The van der Waals surface area contributed by atoms with Crippen LogP contribution in [0.5, 0.6) is 11.5 Å². The number of carbonyl (C=O) groups is 2. The fourth-order valence-corrected chi connectivity index (χ4v) is 6.50. The predicted octanol–water partition coefficient (Wildman–Crippen LogP) is 11.1. The third-order valence-corrected chi connectivity index (χ3v) is 9.70. The summed E-state index contributed by atoms with van der Waals surface area (Å²) in [4.78, 5) is 21.6. The van der Waals surface area contributed by atoms with E-state index in [9.17, 15) is 24.9 Å². The number of aryl methyl sites for hydroxylation is 2. The Labute approximate surface area is 327 Å². The Bertz CT molecular complexity index is 1060. The van der Waals surface area contributed by atoms with Gasteiger partial charge in [-0.15, -0.1) is 0 Å². The zero-order valence-corrected chi connectivity index (χ0v) is 33.9. The molecule has 0 fully saturated rings. The number of unbranched alkanes of at least 4 members (excludes halogenated alkanes) is 24. The molecule has 0 aromatic heterocycles. The first-order valence-corrected chi connectivity index (χ1v) is 20.4. The minimum atomic E-state index is -1.39. The first-order chi connectivity index (χ1) is 24.3. The van der Waals surface area contributed by atoms with E-state index in [2.05, 4.69) is 13.8 Å². The molecule has 0 atom stereocenters. The quantitative estimate of drug-likeness (QED) is 0.0612. The van der Waals surface area contributed by atoms with Crippen LogP contribution in [0.2, 0.25) is 0 Å². The van der Waals surface area contributed by atoms with Gasteiger partial charge in [0.15, 0.2) is 0 Å². The summed E-state index contributed by atoms with van der Waals surface area (Å²) in [5, 5.41) is 40.9. The van der Waals surface area contributed by atoms with Gasteiger partial charge >= 0.3 is 29.0 Å². The van der Waals surface area contributed by atoms with Crippen molar-refractivity contribution in [1.29, 1.82) is 0 Å². The third-order valence-electron chi connectivity index (χ3n) is 9.70. The number of carbonyl (C=O) groups excluding carboxylic acids is 1. The minimum absolute atomic E-state index is 0. The van der Waals surface area contributed by atoms with Crippen molar-refractivity contribution in [2.45, 2.75) is 194 Å². The zero-order valence-electron chi connectivity index (χ0n) is 32.5. The Kier molecular flexibility index (Phi) is 32.1. The number of rotatable bonds is 30. The van der Waals surface area contributed by atoms with Gasteiger partial charge in [-0.3, -0.25) is 0 Å². The van der Waals surface area contributed by atoms with Gasteiger partial charge < -0.3 is 25.2 Å². The van der Waals surface area contributed by atoms with Crippen molar-refractivity contribution in [1.82, 2.24) is 0 Å². The maximum absolute atomic E-state index is 11.6. The molecule has 284 valence electrons. The van der Waals surface area contributed by atoms with Crippen LogP contribution < -0.4 is 10.2 Å². The first kappa shape index (κ1) is 48.7. The van der Waals surface area contributed by atoms with Gasteiger partial charge in [0.05, 0.1) is 5.97 Å². The normalized spacial score (nSPS) is 10.7. The summed E-state index contributed by atoms with van der Waals surface area (Å²) >= 11 is 0. The summed E-state index contributed by atoms with van der Waals surface area (Å²) in [7, 11) is 0. The number of hydrogen-bond donors (Lipinski definition) is 2. The molecule has 0 radical (unpaired) electrons. The van der Waals surface area contributed by atoms with Crippen LogP contribution in [0.25, 0.3) is 0 Å². The average molecular weight is 719 g/mol. The average Bonchev–Trinajstić information content (AvgIpc) is 3.09. The van der Waals surface area contributed by atoms with Crippen molar-refractivity contribution >= 4 is 35.0 Å². The Morgan fingerprint density at radius 2 is 0.824 bits per heavy atom. The largest absolute Gasteiger partial charge is 2.00 e. The molecule has 0 saturated carbocycles. The summed E-state index contributed by atoms with van der Waals surface area (Å²) in [6.07, 6.45) is 36.3. The van der Waals surface area contributed by atoms with Gasteiger partial charge in [-0.2, -0.15) is 0 Å². The summed E-state index contributed by atoms with van der Waals surface area (Å²) in [5.41, 5.74) is 1.69. The second-order valence-corrected chi connectivity index (χ2v) is 14.3. The van der Waals surface area contributed by atoms with Crippen LogP contribution in [0, 0.1) is 0 Å². The second kappa shape index (κ2) is 33.6. The molecular formula is C44H70MgO6. The monoisotopic (exact) mass is 719 g/mol. The van der Waals surface area contributed by atoms with Crippen LogP contribution in [0.1, 0.15) is 213 Å². The van der Waals surface area contributed by atoms with E-state index in [-0.39, 0.29) is 39.9 Å². The molecule has 0 amide bonds. The van der Waals surface area contributed by atoms with Crippen LogP contribution in [-0.4, -0.2) is 45.2 Å². The van der Waals surface area contributed by atoms with Gasteiger partial charge in [0.1, 0.15) is 11.3 Å². The van der Waals surface area contributed by atoms with Crippen LogP contribution in [0.4, 0.5) is 0 Å². The number of benzene rings is 2. The van der Waals surface area contributed by atoms with Gasteiger partial charge in [0.2, 0.25) is 0 Å². The van der Waals surface area contributed by atoms with Crippen LogP contribution in [-0.2, 0) is 12.8 Å². The molecule has 0 saturated heterocycles. The third kappa shape index (κ3) is 26.2. The van der Waals surface area contributed by atoms with E-state index in [1.807, 2.05) is 6.07 Å². The number of aromatic carboxylic acids is 2. The van der Waals surface area contributed by atoms with E-state index in [1.54, 1.807) is 12.1 Å². The maximum Gasteiger partial charge on any atom is 2.00 e. The van der Waals surface area contributed by atoms with E-state index in [1.165, 1.54) is 172 Å². The molecule has 0 unspecified atom stereocenters. The summed E-state index contributed by atoms with van der Waals surface area (Å²) in [6.45, 7) is 4.52. The van der Waals surface area contributed by atoms with E-state index >= 15 is 0 Å². The number of carboxylic acid groups (broad SMARTS) is 2. The molecule has 0 aliphatic carbocycles. The molecule has 2 N–H and O–H groups in total. The molecule has 0 aliphatic rings. The molecular weight excluding hydrogens is 649 g/mol. The van der Waals surface area contributed by atoms with Crippen molar-refractivity contribution in [3.63, 3.8) is 0 Å². The molecule has 0 bridgehead atoms. The molecule has 51 heavy (non-hydrogen) atoms. The summed E-state index contributed by atoms with van der Waals surface area (Å²) in [6, 6.07) is 9.43. The second-order valence-electron chi connectivity index (χ2n) is 14.3. The van der Waals surface area contributed by atoms with Gasteiger partial charge in [0.25, 0.3) is 0 Å². The SMILES string of the molecule is CCCCCCCCCCCCCCCc1ccc(C(=O)O)c(O)c1.CCCCCCCCCCCCCCCc1ccc(C(=O)[O-])c([O-])c1.[Mg+2]. The Morgan fingerprint density at radius 3 is 1.12 bits per heavy atom. The Balaban J connectivity index is 0.000000962. The first-order valence-electron chi connectivity index (χ1n) is 20.4. The fraction of sp³-hybridized carbons (Fsp3) is 0.682.